The summed E-state index contributed by atoms with van der Waals surface area (Å²) >= 11 is 1.70. The average molecular weight is 563 g/mol. The lowest BCUT2D eigenvalue weighted by molar-refractivity contribution is 0.0509. The number of piperidine rings is 1. The van der Waals surface area contributed by atoms with Gasteiger partial charge >= 0.3 is 6.09 Å². The molecule has 0 aliphatic carbocycles. The van der Waals surface area contributed by atoms with Crippen molar-refractivity contribution in [1.29, 1.82) is 0 Å². The maximum atomic E-state index is 12.0. The number of nitrogens with two attached hydrogens (primary N) is 1. The van der Waals surface area contributed by atoms with E-state index in [0.29, 0.717) is 18.3 Å². The van der Waals surface area contributed by atoms with Crippen LogP contribution in [0.2, 0.25) is 0 Å². The van der Waals surface area contributed by atoms with Crippen LogP contribution in [0.4, 0.5) is 10.6 Å². The van der Waals surface area contributed by atoms with Crippen LogP contribution in [0.1, 0.15) is 70.3 Å². The van der Waals surface area contributed by atoms with Gasteiger partial charge in [0.05, 0.1) is 15.7 Å². The van der Waals surface area contributed by atoms with Gasteiger partial charge in [0.15, 0.2) is 5.82 Å². The number of anilines is 1. The van der Waals surface area contributed by atoms with Crippen LogP contribution in [0, 0.1) is 5.92 Å². The molecule has 9 heteroatoms. The molecule has 214 valence electrons. The lowest BCUT2D eigenvalue weighted by atomic mass is 9.96. The number of aromatic nitrogens is 3. The van der Waals surface area contributed by atoms with Gasteiger partial charge < -0.3 is 20.4 Å². The molecule has 0 spiro atoms. The molecule has 40 heavy (non-hydrogen) atoms. The second-order valence-corrected chi connectivity index (χ2v) is 12.9. The summed E-state index contributed by atoms with van der Waals surface area (Å²) in [6.07, 6.45) is 4.98. The summed E-state index contributed by atoms with van der Waals surface area (Å²) < 4.78 is 8.87. The van der Waals surface area contributed by atoms with Gasteiger partial charge in [0.25, 0.3) is 0 Å². The van der Waals surface area contributed by atoms with Gasteiger partial charge in [-0.05, 0) is 81.6 Å². The third-order valence-electron chi connectivity index (χ3n) is 7.55. The molecule has 1 aromatic carbocycles. The zero-order chi connectivity index (χ0) is 28.3. The average Bonchev–Trinajstić information content (AvgIpc) is 3.52. The van der Waals surface area contributed by atoms with E-state index in [1.165, 1.54) is 11.1 Å². The quantitative estimate of drug-likeness (QED) is 0.246. The number of nitrogens with one attached hydrogen (secondary N) is 1. The summed E-state index contributed by atoms with van der Waals surface area (Å²) in [7, 11) is 0. The van der Waals surface area contributed by atoms with Crippen molar-refractivity contribution in [2.75, 3.05) is 25.4 Å². The molecule has 1 saturated heterocycles. The van der Waals surface area contributed by atoms with Crippen molar-refractivity contribution in [2.45, 2.75) is 78.5 Å². The smallest absolute Gasteiger partial charge is 0.407 e. The zero-order valence-electron chi connectivity index (χ0n) is 24.2. The second kappa shape index (κ2) is 12.1. The zero-order valence-corrected chi connectivity index (χ0v) is 25.0. The number of carbonyl (C=O) groups excluding carboxylic acids is 1. The van der Waals surface area contributed by atoms with Crippen molar-refractivity contribution >= 4 is 44.5 Å². The first-order chi connectivity index (χ1) is 19.2. The van der Waals surface area contributed by atoms with Crippen LogP contribution in [0.15, 0.2) is 35.7 Å². The number of imidazole rings is 1. The monoisotopic (exact) mass is 562 g/mol. The number of unbranched alkanes of at least 4 members (excludes halogenated alkanes) is 1. The summed E-state index contributed by atoms with van der Waals surface area (Å²) in [5.74, 6) is 2.09. The molecule has 3 N–H and O–H groups in total. The Hall–Kier alpha value is -3.17. The van der Waals surface area contributed by atoms with Crippen LogP contribution in [0.5, 0.6) is 0 Å². The molecule has 0 radical (unpaired) electrons. The van der Waals surface area contributed by atoms with E-state index in [-0.39, 0.29) is 6.09 Å². The molecule has 4 aromatic rings. The highest BCUT2D eigenvalue weighted by atomic mass is 32.1. The largest absolute Gasteiger partial charge is 0.444 e. The van der Waals surface area contributed by atoms with E-state index in [0.717, 1.165) is 85.4 Å². The van der Waals surface area contributed by atoms with Gasteiger partial charge in [0.2, 0.25) is 0 Å². The number of ether oxygens (including phenoxy) is 1. The van der Waals surface area contributed by atoms with Crippen molar-refractivity contribution in [3.05, 3.63) is 52.7 Å². The molecule has 3 aromatic heterocycles. The maximum Gasteiger partial charge on any atom is 0.407 e. The van der Waals surface area contributed by atoms with E-state index in [1.807, 2.05) is 26.8 Å². The number of nitrogen functional groups attached to an aromatic ring is 1. The van der Waals surface area contributed by atoms with E-state index in [1.54, 1.807) is 11.3 Å². The number of fused-ring (bicyclic) bond motifs is 3. The molecule has 1 fully saturated rings. The van der Waals surface area contributed by atoms with Crippen LogP contribution in [-0.4, -0.2) is 50.8 Å². The molecular weight excluding hydrogens is 520 g/mol. The summed E-state index contributed by atoms with van der Waals surface area (Å²) in [6.45, 7) is 12.3. The molecule has 4 heterocycles. The SMILES string of the molecule is CCCCc1nc2c(N)nc3ccsc3c2n1Cc1ccc(CN2CCC(CNC(=O)OC(C)(C)C)CC2)cc1. The highest BCUT2D eigenvalue weighted by Gasteiger charge is 2.22. The molecular formula is C31H42N6O2S. The van der Waals surface area contributed by atoms with E-state index in [2.05, 4.69) is 56.3 Å². The van der Waals surface area contributed by atoms with Gasteiger partial charge in [-0.1, -0.05) is 37.6 Å². The van der Waals surface area contributed by atoms with Crippen molar-refractivity contribution in [3.8, 4) is 0 Å². The van der Waals surface area contributed by atoms with E-state index < -0.39 is 5.60 Å². The van der Waals surface area contributed by atoms with Crippen LogP contribution >= 0.6 is 11.3 Å². The Labute approximate surface area is 240 Å². The highest BCUT2D eigenvalue weighted by Crippen LogP contribution is 2.33. The number of thiophene rings is 1. The molecule has 5 rings (SSSR count). The number of hydrogen-bond acceptors (Lipinski definition) is 7. The fraction of sp³-hybridized carbons (Fsp3) is 0.516. The Morgan fingerprint density at radius 3 is 2.48 bits per heavy atom. The Morgan fingerprint density at radius 2 is 1.80 bits per heavy atom. The van der Waals surface area contributed by atoms with E-state index in [4.69, 9.17) is 15.5 Å². The third-order valence-corrected chi connectivity index (χ3v) is 8.46. The maximum absolute atomic E-state index is 12.0. The van der Waals surface area contributed by atoms with Crippen molar-refractivity contribution in [1.82, 2.24) is 24.8 Å². The van der Waals surface area contributed by atoms with Gasteiger partial charge in [-0.15, -0.1) is 11.3 Å². The van der Waals surface area contributed by atoms with Gasteiger partial charge in [-0.3, -0.25) is 4.90 Å². The fourth-order valence-corrected chi connectivity index (χ4v) is 6.32. The predicted molar refractivity (Wildman–Crippen MR) is 164 cm³/mol. The predicted octanol–water partition coefficient (Wildman–Crippen LogP) is 6.36. The number of hydrogen-bond donors (Lipinski definition) is 2. The Bertz CT molecular complexity index is 1440. The van der Waals surface area contributed by atoms with Gasteiger partial charge in [0, 0.05) is 26.1 Å². The van der Waals surface area contributed by atoms with E-state index >= 15 is 0 Å². The topological polar surface area (TPSA) is 98.3 Å². The molecule has 0 bridgehead atoms. The van der Waals surface area contributed by atoms with E-state index in [9.17, 15) is 4.79 Å². The van der Waals surface area contributed by atoms with Crippen LogP contribution in [0.3, 0.4) is 0 Å². The molecule has 1 aliphatic heterocycles. The number of likely N-dealkylation sites (tertiary alicyclic amines) is 1. The standard InChI is InChI=1S/C31H42N6O2S/c1-5-6-7-25-35-26-27(28-24(14-17-40-28)34-29(26)32)37(25)20-23-10-8-22(9-11-23)19-36-15-12-21(13-16-36)18-33-30(38)39-31(2,3)4/h8-11,14,17,21H,5-7,12-13,15-16,18-20H2,1-4H3,(H2,32,34)(H,33,38). The minimum Gasteiger partial charge on any atom is -0.444 e. The number of alkyl carbamates (subject to hydrolysis) is 1. The first-order valence-electron chi connectivity index (χ1n) is 14.5. The Morgan fingerprint density at radius 1 is 1.10 bits per heavy atom. The van der Waals surface area contributed by atoms with Gasteiger partial charge in [0.1, 0.15) is 16.9 Å². The lowest BCUT2D eigenvalue weighted by Gasteiger charge is -2.32. The fourth-order valence-electron chi connectivity index (χ4n) is 5.44. The molecule has 0 saturated carbocycles. The van der Waals surface area contributed by atoms with Crippen LogP contribution in [0.25, 0.3) is 21.3 Å². The Kier molecular flexibility index (Phi) is 8.61. The molecule has 0 atom stereocenters. The number of aryl methyl sites for hydroxylation is 1. The van der Waals surface area contributed by atoms with Gasteiger partial charge in [-0.2, -0.15) is 0 Å². The number of pyridine rings is 1. The summed E-state index contributed by atoms with van der Waals surface area (Å²) in [6, 6.07) is 11.0. The van der Waals surface area contributed by atoms with Crippen molar-refractivity contribution < 1.29 is 9.53 Å². The molecule has 1 aliphatic rings. The van der Waals surface area contributed by atoms with Crippen LogP contribution in [-0.2, 0) is 24.2 Å². The lowest BCUT2D eigenvalue weighted by Crippen LogP contribution is -2.40. The molecule has 1 amide bonds. The summed E-state index contributed by atoms with van der Waals surface area (Å²) in [5, 5.41) is 5.02. The molecule has 0 unspecified atom stereocenters. The summed E-state index contributed by atoms with van der Waals surface area (Å²) in [5.41, 5.74) is 11.3. The van der Waals surface area contributed by atoms with Crippen molar-refractivity contribution in [3.63, 3.8) is 0 Å². The third kappa shape index (κ3) is 6.75. The summed E-state index contributed by atoms with van der Waals surface area (Å²) in [4.78, 5) is 24.0. The first-order valence-corrected chi connectivity index (χ1v) is 15.4. The first kappa shape index (κ1) is 28.4. The van der Waals surface area contributed by atoms with Crippen molar-refractivity contribution in [2.24, 2.45) is 5.92 Å². The minimum atomic E-state index is -0.463. The number of rotatable bonds is 9. The Balaban J connectivity index is 1.21. The minimum absolute atomic E-state index is 0.323. The number of carbonyl (C=O) groups is 1. The highest BCUT2D eigenvalue weighted by molar-refractivity contribution is 7.18. The second-order valence-electron chi connectivity index (χ2n) is 12.0. The van der Waals surface area contributed by atoms with Gasteiger partial charge in [-0.25, -0.2) is 14.8 Å². The number of benzene rings is 1. The normalized spacial score (nSPS) is 15.2. The molecule has 8 nitrogen and oxygen atoms in total. The number of nitrogens with zero attached hydrogens (tertiary/aromatic N) is 4. The number of amides is 1. The van der Waals surface area contributed by atoms with Crippen LogP contribution < -0.4 is 11.1 Å².